The first-order valence-electron chi connectivity index (χ1n) is 5.37. The molecular weight excluding hydrogens is 180 g/mol. The van der Waals surface area contributed by atoms with Gasteiger partial charge in [-0.25, -0.2) is 0 Å². The predicted octanol–water partition coefficient (Wildman–Crippen LogP) is 1.16. The van der Waals surface area contributed by atoms with Crippen molar-refractivity contribution in [1.82, 2.24) is 0 Å². The summed E-state index contributed by atoms with van der Waals surface area (Å²) in [4.78, 5) is 12.2. The number of hydrogen-bond donors (Lipinski definition) is 0. The first kappa shape index (κ1) is 8.86. The summed E-state index contributed by atoms with van der Waals surface area (Å²) < 4.78 is 11.1. The van der Waals surface area contributed by atoms with Crippen LogP contribution in [0, 0.1) is 11.8 Å². The molecule has 3 heteroatoms. The van der Waals surface area contributed by atoms with Gasteiger partial charge in [0.15, 0.2) is 11.4 Å². The molecule has 14 heavy (non-hydrogen) atoms. The Kier molecular flexibility index (Phi) is 1.41. The zero-order chi connectivity index (χ0) is 10.1. The molecule has 1 saturated carbocycles. The SMILES string of the molecule is CC(C)C1C[C@@H]2O[C@]2(C)[C@@]2(CO2)C1=O. The van der Waals surface area contributed by atoms with E-state index in [4.69, 9.17) is 9.47 Å². The fourth-order valence-corrected chi connectivity index (χ4v) is 2.85. The van der Waals surface area contributed by atoms with E-state index in [2.05, 4.69) is 13.8 Å². The van der Waals surface area contributed by atoms with Crippen molar-refractivity contribution in [2.24, 2.45) is 11.8 Å². The maximum atomic E-state index is 12.2. The lowest BCUT2D eigenvalue weighted by atomic mass is 9.70. The van der Waals surface area contributed by atoms with Gasteiger partial charge in [-0.15, -0.1) is 0 Å². The molecule has 2 heterocycles. The number of carbonyl (C=O) groups excluding carboxylic acids is 1. The average molecular weight is 196 g/mol. The molecule has 0 bridgehead atoms. The topological polar surface area (TPSA) is 42.1 Å². The summed E-state index contributed by atoms with van der Waals surface area (Å²) in [5, 5.41) is 0. The van der Waals surface area contributed by atoms with Crippen LogP contribution in [0.5, 0.6) is 0 Å². The summed E-state index contributed by atoms with van der Waals surface area (Å²) in [5.41, 5.74) is -0.833. The molecule has 0 aromatic heterocycles. The molecule has 1 spiro atoms. The summed E-state index contributed by atoms with van der Waals surface area (Å²) in [5.74, 6) is 0.819. The molecule has 3 aliphatic rings. The van der Waals surface area contributed by atoms with Crippen molar-refractivity contribution in [3.8, 4) is 0 Å². The van der Waals surface area contributed by atoms with Crippen molar-refractivity contribution >= 4 is 5.78 Å². The Bertz CT molecular complexity index is 306. The molecule has 3 rings (SSSR count). The maximum Gasteiger partial charge on any atom is 0.181 e. The quantitative estimate of drug-likeness (QED) is 0.591. The van der Waals surface area contributed by atoms with Crippen molar-refractivity contribution in [2.75, 3.05) is 6.61 Å². The van der Waals surface area contributed by atoms with Gasteiger partial charge in [-0.3, -0.25) is 4.79 Å². The van der Waals surface area contributed by atoms with Crippen molar-refractivity contribution < 1.29 is 14.3 Å². The van der Waals surface area contributed by atoms with Crippen LogP contribution in [0.4, 0.5) is 0 Å². The number of rotatable bonds is 1. The Morgan fingerprint density at radius 2 is 2.14 bits per heavy atom. The highest BCUT2D eigenvalue weighted by molar-refractivity contribution is 5.95. The van der Waals surface area contributed by atoms with Gasteiger partial charge in [0.2, 0.25) is 0 Å². The van der Waals surface area contributed by atoms with Gasteiger partial charge in [0, 0.05) is 5.92 Å². The van der Waals surface area contributed by atoms with Crippen molar-refractivity contribution in [1.29, 1.82) is 0 Å². The van der Waals surface area contributed by atoms with E-state index in [1.54, 1.807) is 0 Å². The van der Waals surface area contributed by atoms with Crippen LogP contribution in [0.15, 0.2) is 0 Å². The summed E-state index contributed by atoms with van der Waals surface area (Å²) in [7, 11) is 0. The van der Waals surface area contributed by atoms with Crippen molar-refractivity contribution in [3.05, 3.63) is 0 Å². The third kappa shape index (κ3) is 0.789. The van der Waals surface area contributed by atoms with Gasteiger partial charge in [-0.2, -0.15) is 0 Å². The van der Waals surface area contributed by atoms with Gasteiger partial charge >= 0.3 is 0 Å². The van der Waals surface area contributed by atoms with Crippen molar-refractivity contribution in [3.63, 3.8) is 0 Å². The Hall–Kier alpha value is -0.410. The highest BCUT2D eigenvalue weighted by atomic mass is 16.7. The minimum absolute atomic E-state index is 0.137. The number of Topliss-reactive ketones (excluding diaryl/α,β-unsaturated/α-hetero) is 1. The lowest BCUT2D eigenvalue weighted by Crippen LogP contribution is -2.49. The Balaban J connectivity index is 1.94. The molecule has 0 N–H and O–H groups in total. The van der Waals surface area contributed by atoms with E-state index in [1.807, 2.05) is 6.92 Å². The van der Waals surface area contributed by atoms with Crippen molar-refractivity contribution in [2.45, 2.75) is 44.5 Å². The van der Waals surface area contributed by atoms with E-state index in [0.717, 1.165) is 6.42 Å². The average Bonchev–Trinajstić information content (AvgIpc) is 2.94. The third-order valence-corrected chi connectivity index (χ3v) is 4.19. The molecule has 0 aromatic rings. The molecule has 0 amide bonds. The number of ketones is 1. The first-order valence-corrected chi connectivity index (χ1v) is 5.37. The van der Waals surface area contributed by atoms with Crippen LogP contribution in [0.25, 0.3) is 0 Å². The smallest absolute Gasteiger partial charge is 0.181 e. The molecule has 4 atom stereocenters. The molecule has 0 radical (unpaired) electrons. The Morgan fingerprint density at radius 1 is 1.50 bits per heavy atom. The molecule has 3 fully saturated rings. The zero-order valence-corrected chi connectivity index (χ0v) is 8.87. The predicted molar refractivity (Wildman–Crippen MR) is 49.9 cm³/mol. The molecule has 1 aliphatic carbocycles. The van der Waals surface area contributed by atoms with Crippen LogP contribution in [0.2, 0.25) is 0 Å². The first-order chi connectivity index (χ1) is 6.51. The lowest BCUT2D eigenvalue weighted by Gasteiger charge is -2.29. The number of hydrogen-bond acceptors (Lipinski definition) is 3. The summed E-state index contributed by atoms with van der Waals surface area (Å²) in [6.45, 7) is 6.79. The van der Waals surface area contributed by atoms with Gasteiger partial charge in [0.1, 0.15) is 5.60 Å². The second-order valence-electron chi connectivity index (χ2n) is 5.28. The second-order valence-corrected chi connectivity index (χ2v) is 5.28. The molecule has 1 unspecified atom stereocenters. The van der Waals surface area contributed by atoms with E-state index >= 15 is 0 Å². The number of fused-ring (bicyclic) bond motifs is 2. The summed E-state index contributed by atoms with van der Waals surface area (Å²) in [6, 6.07) is 0. The minimum atomic E-state index is -0.551. The minimum Gasteiger partial charge on any atom is -0.363 e. The van der Waals surface area contributed by atoms with Crippen LogP contribution in [-0.2, 0) is 14.3 Å². The van der Waals surface area contributed by atoms with Gasteiger partial charge in [-0.1, -0.05) is 13.8 Å². The highest BCUT2D eigenvalue weighted by Crippen LogP contribution is 2.61. The largest absolute Gasteiger partial charge is 0.363 e. The fourth-order valence-electron chi connectivity index (χ4n) is 2.85. The van der Waals surface area contributed by atoms with E-state index in [0.29, 0.717) is 12.5 Å². The second kappa shape index (κ2) is 2.22. The Morgan fingerprint density at radius 3 is 2.64 bits per heavy atom. The molecular formula is C11H16O3. The van der Waals surface area contributed by atoms with Crippen LogP contribution in [-0.4, -0.2) is 29.7 Å². The van der Waals surface area contributed by atoms with Gasteiger partial charge in [-0.05, 0) is 19.3 Å². The molecule has 2 saturated heterocycles. The number of epoxide rings is 2. The maximum absolute atomic E-state index is 12.2. The van der Waals surface area contributed by atoms with Crippen LogP contribution >= 0.6 is 0 Å². The standard InChI is InChI=1S/C11H16O3/c1-6(2)7-4-8-10(3,14-8)11(5-13-11)9(7)12/h6-8H,4-5H2,1-3H3/t7?,8-,10-,11+/m0/s1. The zero-order valence-electron chi connectivity index (χ0n) is 8.87. The van der Waals surface area contributed by atoms with Crippen LogP contribution in [0.1, 0.15) is 27.2 Å². The van der Waals surface area contributed by atoms with Crippen LogP contribution in [0.3, 0.4) is 0 Å². The lowest BCUT2D eigenvalue weighted by molar-refractivity contribution is -0.133. The van der Waals surface area contributed by atoms with E-state index < -0.39 is 5.60 Å². The van der Waals surface area contributed by atoms with Crippen LogP contribution < -0.4 is 0 Å². The number of carbonyl (C=O) groups is 1. The molecule has 2 aliphatic heterocycles. The fraction of sp³-hybridized carbons (Fsp3) is 0.909. The Labute approximate surface area is 83.8 Å². The van der Waals surface area contributed by atoms with E-state index in [9.17, 15) is 4.79 Å². The molecule has 78 valence electrons. The normalized spacial score (nSPS) is 55.0. The van der Waals surface area contributed by atoms with E-state index in [-0.39, 0.29) is 23.4 Å². The van der Waals surface area contributed by atoms with E-state index in [1.165, 1.54) is 0 Å². The number of ether oxygens (including phenoxy) is 2. The van der Waals surface area contributed by atoms with Gasteiger partial charge in [0.05, 0.1) is 12.7 Å². The summed E-state index contributed by atoms with van der Waals surface area (Å²) in [6.07, 6.45) is 1.15. The third-order valence-electron chi connectivity index (χ3n) is 4.19. The van der Waals surface area contributed by atoms with Gasteiger partial charge in [0.25, 0.3) is 0 Å². The molecule has 3 nitrogen and oxygen atoms in total. The highest BCUT2D eigenvalue weighted by Gasteiger charge is 2.79. The molecule has 0 aromatic carbocycles. The monoisotopic (exact) mass is 196 g/mol. The van der Waals surface area contributed by atoms with Gasteiger partial charge < -0.3 is 9.47 Å². The summed E-state index contributed by atoms with van der Waals surface area (Å²) >= 11 is 0.